The first-order valence-electron chi connectivity index (χ1n) is 7.69. The highest BCUT2D eigenvalue weighted by molar-refractivity contribution is 5.80. The quantitative estimate of drug-likeness (QED) is 0.767. The number of nitrogens with zero attached hydrogens (tertiary/aromatic N) is 2. The number of imidazole rings is 1. The average Bonchev–Trinajstić information content (AvgIpc) is 3.00. The van der Waals surface area contributed by atoms with Crippen LogP contribution in [0.3, 0.4) is 0 Å². The Balaban J connectivity index is 1.61. The molecule has 0 spiro atoms. The zero-order valence-corrected chi connectivity index (χ0v) is 13.2. The Morgan fingerprint density at radius 2 is 2.00 bits per heavy atom. The number of amides is 2. The summed E-state index contributed by atoms with van der Waals surface area (Å²) in [5.74, 6) is -0.145. The fourth-order valence-corrected chi connectivity index (χ4v) is 2.26. The van der Waals surface area contributed by atoms with Crippen molar-refractivity contribution in [3.63, 3.8) is 0 Å². The van der Waals surface area contributed by atoms with E-state index in [1.54, 1.807) is 12.5 Å². The zero-order chi connectivity index (χ0) is 16.5. The predicted molar refractivity (Wildman–Crippen MR) is 87.6 cm³/mol. The summed E-state index contributed by atoms with van der Waals surface area (Å²) in [4.78, 5) is 27.6. The van der Waals surface area contributed by atoms with E-state index >= 15 is 0 Å². The lowest BCUT2D eigenvalue weighted by Gasteiger charge is -2.14. The fraction of sp³-hybridized carbons (Fsp3) is 0.353. The van der Waals surface area contributed by atoms with Crippen LogP contribution >= 0.6 is 0 Å². The van der Waals surface area contributed by atoms with E-state index in [0.29, 0.717) is 19.5 Å². The zero-order valence-electron chi connectivity index (χ0n) is 13.2. The maximum Gasteiger partial charge on any atom is 0.224 e. The molecule has 0 aliphatic rings. The standard InChI is InChI=1S/C17H22N4O2/c1-14(12-21-10-9-18-13-21)20-16(22)7-8-19-17(23)11-15-5-3-2-4-6-15/h2-6,9-10,13-14H,7-8,11-12H2,1H3,(H,19,23)(H,20,22)/t14-/m1/s1. The second-order valence-corrected chi connectivity index (χ2v) is 5.49. The van der Waals surface area contributed by atoms with E-state index in [1.807, 2.05) is 48.0 Å². The first kappa shape index (κ1) is 16.7. The molecular weight excluding hydrogens is 292 g/mol. The van der Waals surface area contributed by atoms with Gasteiger partial charge in [0.15, 0.2) is 0 Å². The lowest BCUT2D eigenvalue weighted by atomic mass is 10.1. The van der Waals surface area contributed by atoms with Gasteiger partial charge in [0.05, 0.1) is 12.7 Å². The van der Waals surface area contributed by atoms with E-state index in [0.717, 1.165) is 5.56 Å². The minimum absolute atomic E-state index is 0.0109. The number of nitrogens with one attached hydrogen (secondary N) is 2. The Bertz CT molecular complexity index is 611. The van der Waals surface area contributed by atoms with Crippen molar-refractivity contribution in [1.29, 1.82) is 0 Å². The molecule has 2 rings (SSSR count). The second kappa shape index (κ2) is 8.73. The van der Waals surface area contributed by atoms with Crippen LogP contribution in [0.4, 0.5) is 0 Å². The van der Waals surface area contributed by atoms with E-state index in [-0.39, 0.29) is 24.3 Å². The Labute approximate surface area is 135 Å². The van der Waals surface area contributed by atoms with E-state index < -0.39 is 0 Å². The van der Waals surface area contributed by atoms with Crippen LogP contribution in [0, 0.1) is 0 Å². The minimum atomic E-state index is -0.0736. The average molecular weight is 314 g/mol. The van der Waals surface area contributed by atoms with Gasteiger partial charge in [0.2, 0.25) is 11.8 Å². The summed E-state index contributed by atoms with van der Waals surface area (Å²) in [6.07, 6.45) is 5.88. The van der Waals surface area contributed by atoms with Crippen LogP contribution in [0.5, 0.6) is 0 Å². The van der Waals surface area contributed by atoms with Gasteiger partial charge in [-0.1, -0.05) is 30.3 Å². The Morgan fingerprint density at radius 1 is 1.22 bits per heavy atom. The summed E-state index contributed by atoms with van der Waals surface area (Å²) < 4.78 is 1.91. The molecule has 1 aromatic carbocycles. The molecule has 2 aromatic rings. The number of hydrogen-bond donors (Lipinski definition) is 2. The number of hydrogen-bond acceptors (Lipinski definition) is 3. The van der Waals surface area contributed by atoms with Crippen molar-refractivity contribution >= 4 is 11.8 Å². The molecule has 0 aliphatic heterocycles. The van der Waals surface area contributed by atoms with Crippen molar-refractivity contribution in [3.8, 4) is 0 Å². The lowest BCUT2D eigenvalue weighted by molar-refractivity contribution is -0.122. The second-order valence-electron chi connectivity index (χ2n) is 5.49. The molecule has 0 bridgehead atoms. The van der Waals surface area contributed by atoms with Crippen LogP contribution in [-0.2, 0) is 22.6 Å². The SMILES string of the molecule is C[C@H](Cn1ccnc1)NC(=O)CCNC(=O)Cc1ccccc1. The first-order valence-corrected chi connectivity index (χ1v) is 7.69. The number of rotatable bonds is 8. The van der Waals surface area contributed by atoms with Gasteiger partial charge in [-0.3, -0.25) is 9.59 Å². The molecule has 2 N–H and O–H groups in total. The maximum absolute atomic E-state index is 11.8. The van der Waals surface area contributed by atoms with Crippen LogP contribution in [0.2, 0.25) is 0 Å². The summed E-state index contributed by atoms with van der Waals surface area (Å²) in [7, 11) is 0. The maximum atomic E-state index is 11.8. The van der Waals surface area contributed by atoms with Crippen molar-refractivity contribution in [1.82, 2.24) is 20.2 Å². The predicted octanol–water partition coefficient (Wildman–Crippen LogP) is 1.14. The number of carbonyl (C=O) groups excluding carboxylic acids is 2. The van der Waals surface area contributed by atoms with Gasteiger partial charge in [0, 0.05) is 37.9 Å². The van der Waals surface area contributed by atoms with Gasteiger partial charge in [0.25, 0.3) is 0 Å². The van der Waals surface area contributed by atoms with E-state index in [4.69, 9.17) is 0 Å². The molecule has 0 fully saturated rings. The molecule has 0 saturated carbocycles. The molecule has 23 heavy (non-hydrogen) atoms. The molecule has 1 heterocycles. The van der Waals surface area contributed by atoms with Crippen molar-refractivity contribution < 1.29 is 9.59 Å². The number of carbonyl (C=O) groups is 2. The largest absolute Gasteiger partial charge is 0.355 e. The van der Waals surface area contributed by atoms with Gasteiger partial charge >= 0.3 is 0 Å². The smallest absolute Gasteiger partial charge is 0.224 e. The molecule has 6 heteroatoms. The van der Waals surface area contributed by atoms with Crippen LogP contribution in [-0.4, -0.2) is 34.0 Å². The summed E-state index contributed by atoms with van der Waals surface area (Å²) in [6, 6.07) is 9.54. The van der Waals surface area contributed by atoms with Crippen LogP contribution < -0.4 is 10.6 Å². The molecular formula is C17H22N4O2. The van der Waals surface area contributed by atoms with Crippen molar-refractivity contribution in [2.45, 2.75) is 32.4 Å². The summed E-state index contributed by atoms with van der Waals surface area (Å²) >= 11 is 0. The van der Waals surface area contributed by atoms with Gasteiger partial charge in [-0.05, 0) is 12.5 Å². The van der Waals surface area contributed by atoms with Crippen LogP contribution in [0.15, 0.2) is 49.1 Å². The lowest BCUT2D eigenvalue weighted by Crippen LogP contribution is -2.37. The van der Waals surface area contributed by atoms with Crippen molar-refractivity contribution in [2.24, 2.45) is 0 Å². The first-order chi connectivity index (χ1) is 11.1. The van der Waals surface area contributed by atoms with Crippen LogP contribution in [0.1, 0.15) is 18.9 Å². The molecule has 2 amide bonds. The van der Waals surface area contributed by atoms with E-state index in [1.165, 1.54) is 0 Å². The molecule has 1 aromatic heterocycles. The molecule has 0 radical (unpaired) electrons. The van der Waals surface area contributed by atoms with Gasteiger partial charge in [0.1, 0.15) is 0 Å². The highest BCUT2D eigenvalue weighted by Gasteiger charge is 2.09. The van der Waals surface area contributed by atoms with Crippen molar-refractivity contribution in [2.75, 3.05) is 6.54 Å². The minimum Gasteiger partial charge on any atom is -0.355 e. The van der Waals surface area contributed by atoms with E-state index in [9.17, 15) is 9.59 Å². The topological polar surface area (TPSA) is 76.0 Å². The molecule has 0 unspecified atom stereocenters. The van der Waals surface area contributed by atoms with Gasteiger partial charge < -0.3 is 15.2 Å². The number of aromatic nitrogens is 2. The number of benzene rings is 1. The fourth-order valence-electron chi connectivity index (χ4n) is 2.26. The monoisotopic (exact) mass is 314 g/mol. The third-order valence-electron chi connectivity index (χ3n) is 3.33. The van der Waals surface area contributed by atoms with E-state index in [2.05, 4.69) is 15.6 Å². The third kappa shape index (κ3) is 6.34. The highest BCUT2D eigenvalue weighted by atomic mass is 16.2. The third-order valence-corrected chi connectivity index (χ3v) is 3.33. The summed E-state index contributed by atoms with van der Waals surface area (Å²) in [5, 5.41) is 5.67. The molecule has 122 valence electrons. The Morgan fingerprint density at radius 3 is 2.70 bits per heavy atom. The van der Waals surface area contributed by atoms with Gasteiger partial charge in [-0.25, -0.2) is 4.98 Å². The summed E-state index contributed by atoms with van der Waals surface area (Å²) in [5.41, 5.74) is 0.961. The van der Waals surface area contributed by atoms with Gasteiger partial charge in [-0.15, -0.1) is 0 Å². The van der Waals surface area contributed by atoms with Crippen LogP contribution in [0.25, 0.3) is 0 Å². The Hall–Kier alpha value is -2.63. The summed E-state index contributed by atoms with van der Waals surface area (Å²) in [6.45, 7) is 2.95. The molecule has 0 aliphatic carbocycles. The Kier molecular flexibility index (Phi) is 6.35. The highest BCUT2D eigenvalue weighted by Crippen LogP contribution is 1.99. The normalized spacial score (nSPS) is 11.7. The molecule has 0 saturated heterocycles. The van der Waals surface area contributed by atoms with Gasteiger partial charge in [-0.2, -0.15) is 0 Å². The van der Waals surface area contributed by atoms with Crippen molar-refractivity contribution in [3.05, 3.63) is 54.6 Å². The molecule has 6 nitrogen and oxygen atoms in total. The molecule has 1 atom stereocenters.